The van der Waals surface area contributed by atoms with Crippen molar-refractivity contribution in [3.63, 3.8) is 0 Å². The van der Waals surface area contributed by atoms with E-state index >= 15 is 0 Å². The molecule has 1 aliphatic rings. The SMILES string of the molecule is CN(C(=O)OC(C)(C)C)C(CC(=O)O)C1CCCCC1. The average molecular weight is 285 g/mol. The highest BCUT2D eigenvalue weighted by atomic mass is 16.6. The van der Waals surface area contributed by atoms with Crippen LogP contribution in [0.4, 0.5) is 4.79 Å². The summed E-state index contributed by atoms with van der Waals surface area (Å²) in [6, 6.07) is -0.275. The molecule has 0 bridgehead atoms. The van der Waals surface area contributed by atoms with Gasteiger partial charge in [0.1, 0.15) is 5.60 Å². The molecule has 1 N–H and O–H groups in total. The van der Waals surface area contributed by atoms with Crippen molar-refractivity contribution in [1.82, 2.24) is 4.90 Å². The van der Waals surface area contributed by atoms with Crippen molar-refractivity contribution in [2.75, 3.05) is 7.05 Å². The largest absolute Gasteiger partial charge is 0.481 e. The van der Waals surface area contributed by atoms with Gasteiger partial charge >= 0.3 is 12.1 Å². The van der Waals surface area contributed by atoms with Gasteiger partial charge in [-0.2, -0.15) is 0 Å². The number of amides is 1. The van der Waals surface area contributed by atoms with E-state index in [0.717, 1.165) is 25.7 Å². The first-order valence-corrected chi connectivity index (χ1v) is 7.38. The molecule has 1 fully saturated rings. The third kappa shape index (κ3) is 5.39. The van der Waals surface area contributed by atoms with Crippen LogP contribution in [-0.2, 0) is 9.53 Å². The fourth-order valence-electron chi connectivity index (χ4n) is 2.79. The van der Waals surface area contributed by atoms with Gasteiger partial charge in [-0.3, -0.25) is 4.79 Å². The van der Waals surface area contributed by atoms with Crippen molar-refractivity contribution >= 4 is 12.1 Å². The van der Waals surface area contributed by atoms with Crippen LogP contribution in [0.3, 0.4) is 0 Å². The highest BCUT2D eigenvalue weighted by Crippen LogP contribution is 2.30. The van der Waals surface area contributed by atoms with E-state index in [1.165, 1.54) is 11.3 Å². The normalized spacial score (nSPS) is 18.4. The van der Waals surface area contributed by atoms with Gasteiger partial charge in [0, 0.05) is 13.1 Å². The maximum atomic E-state index is 12.1. The lowest BCUT2D eigenvalue weighted by molar-refractivity contribution is -0.138. The van der Waals surface area contributed by atoms with E-state index in [4.69, 9.17) is 9.84 Å². The van der Waals surface area contributed by atoms with Crippen LogP contribution in [0.5, 0.6) is 0 Å². The van der Waals surface area contributed by atoms with Crippen LogP contribution in [0.25, 0.3) is 0 Å². The average Bonchev–Trinajstić information content (AvgIpc) is 2.34. The molecule has 5 heteroatoms. The molecule has 0 heterocycles. The quantitative estimate of drug-likeness (QED) is 0.860. The summed E-state index contributed by atoms with van der Waals surface area (Å²) in [6.07, 6.45) is 4.96. The van der Waals surface area contributed by atoms with E-state index in [9.17, 15) is 9.59 Å². The molecule has 116 valence electrons. The van der Waals surface area contributed by atoms with E-state index in [1.807, 2.05) is 20.8 Å². The minimum Gasteiger partial charge on any atom is -0.481 e. The van der Waals surface area contributed by atoms with Gasteiger partial charge in [-0.05, 0) is 39.5 Å². The number of ether oxygens (including phenoxy) is 1. The first-order chi connectivity index (χ1) is 9.20. The Bertz CT molecular complexity index is 342. The summed E-state index contributed by atoms with van der Waals surface area (Å²) in [5.74, 6) is -0.603. The molecular weight excluding hydrogens is 258 g/mol. The fraction of sp³-hybridized carbons (Fsp3) is 0.867. The van der Waals surface area contributed by atoms with E-state index in [-0.39, 0.29) is 18.4 Å². The molecule has 1 amide bonds. The Labute approximate surface area is 121 Å². The van der Waals surface area contributed by atoms with E-state index in [1.54, 1.807) is 7.05 Å². The molecule has 5 nitrogen and oxygen atoms in total. The third-order valence-electron chi connectivity index (χ3n) is 3.76. The first kappa shape index (κ1) is 16.8. The Hall–Kier alpha value is -1.26. The van der Waals surface area contributed by atoms with Crippen LogP contribution >= 0.6 is 0 Å². The Morgan fingerprint density at radius 3 is 2.25 bits per heavy atom. The summed E-state index contributed by atoms with van der Waals surface area (Å²) < 4.78 is 5.35. The molecule has 1 atom stereocenters. The molecule has 1 unspecified atom stereocenters. The number of hydrogen-bond donors (Lipinski definition) is 1. The lowest BCUT2D eigenvalue weighted by atomic mass is 9.82. The summed E-state index contributed by atoms with van der Waals surface area (Å²) in [4.78, 5) is 24.7. The second-order valence-corrected chi connectivity index (χ2v) is 6.65. The van der Waals surface area contributed by atoms with E-state index in [0.29, 0.717) is 0 Å². The molecule has 0 aromatic carbocycles. The van der Waals surface area contributed by atoms with Gasteiger partial charge in [-0.1, -0.05) is 19.3 Å². The maximum absolute atomic E-state index is 12.1. The summed E-state index contributed by atoms with van der Waals surface area (Å²) in [7, 11) is 1.65. The topological polar surface area (TPSA) is 66.8 Å². The summed E-state index contributed by atoms with van der Waals surface area (Å²) in [6.45, 7) is 5.43. The molecule has 1 aliphatic carbocycles. The summed E-state index contributed by atoms with van der Waals surface area (Å²) in [5.41, 5.74) is -0.564. The number of aliphatic carboxylic acids is 1. The van der Waals surface area contributed by atoms with Crippen LogP contribution in [0.2, 0.25) is 0 Å². The van der Waals surface area contributed by atoms with Crippen molar-refractivity contribution in [2.45, 2.75) is 70.9 Å². The van der Waals surface area contributed by atoms with Crippen molar-refractivity contribution in [2.24, 2.45) is 5.92 Å². The number of carbonyl (C=O) groups is 2. The van der Waals surface area contributed by atoms with Crippen LogP contribution in [0.1, 0.15) is 59.3 Å². The zero-order valence-electron chi connectivity index (χ0n) is 13.0. The van der Waals surface area contributed by atoms with Crippen molar-refractivity contribution in [1.29, 1.82) is 0 Å². The van der Waals surface area contributed by atoms with E-state index < -0.39 is 17.7 Å². The molecule has 0 radical (unpaired) electrons. The molecule has 0 aromatic heterocycles. The molecule has 1 rings (SSSR count). The third-order valence-corrected chi connectivity index (χ3v) is 3.76. The van der Waals surface area contributed by atoms with Crippen molar-refractivity contribution in [3.05, 3.63) is 0 Å². The molecule has 0 spiro atoms. The highest BCUT2D eigenvalue weighted by molar-refractivity contribution is 5.71. The monoisotopic (exact) mass is 285 g/mol. The zero-order chi connectivity index (χ0) is 15.3. The number of carbonyl (C=O) groups excluding carboxylic acids is 1. The molecule has 0 saturated heterocycles. The second-order valence-electron chi connectivity index (χ2n) is 6.65. The molecule has 1 saturated carbocycles. The van der Waals surface area contributed by atoms with Gasteiger partial charge in [0.15, 0.2) is 0 Å². The second kappa shape index (κ2) is 6.95. The minimum atomic E-state index is -0.865. The van der Waals surface area contributed by atoms with Gasteiger partial charge in [0.05, 0.1) is 6.42 Å². The Morgan fingerprint density at radius 2 is 1.80 bits per heavy atom. The first-order valence-electron chi connectivity index (χ1n) is 7.38. The molecular formula is C15H27NO4. The smallest absolute Gasteiger partial charge is 0.410 e. The predicted molar refractivity (Wildman–Crippen MR) is 76.6 cm³/mol. The van der Waals surface area contributed by atoms with Crippen LogP contribution in [0, 0.1) is 5.92 Å². The van der Waals surface area contributed by atoms with E-state index in [2.05, 4.69) is 0 Å². The number of rotatable bonds is 4. The number of nitrogens with zero attached hydrogens (tertiary/aromatic N) is 1. The minimum absolute atomic E-state index is 0.0135. The predicted octanol–water partition coefficient (Wildman–Crippen LogP) is 3.28. The van der Waals surface area contributed by atoms with Gasteiger partial charge < -0.3 is 14.7 Å². The molecule has 0 aromatic rings. The Morgan fingerprint density at radius 1 is 1.25 bits per heavy atom. The van der Waals surface area contributed by atoms with Gasteiger partial charge in [-0.25, -0.2) is 4.79 Å². The summed E-state index contributed by atoms with van der Waals surface area (Å²) in [5, 5.41) is 9.10. The maximum Gasteiger partial charge on any atom is 0.410 e. The fourth-order valence-corrected chi connectivity index (χ4v) is 2.79. The zero-order valence-corrected chi connectivity index (χ0v) is 13.0. The number of hydrogen-bond acceptors (Lipinski definition) is 3. The Balaban J connectivity index is 2.75. The van der Waals surface area contributed by atoms with Gasteiger partial charge in [0.25, 0.3) is 0 Å². The van der Waals surface area contributed by atoms with Crippen molar-refractivity contribution < 1.29 is 19.4 Å². The van der Waals surface area contributed by atoms with Gasteiger partial charge in [0.2, 0.25) is 0 Å². The van der Waals surface area contributed by atoms with Crippen LogP contribution in [0.15, 0.2) is 0 Å². The van der Waals surface area contributed by atoms with Crippen LogP contribution < -0.4 is 0 Å². The van der Waals surface area contributed by atoms with Crippen LogP contribution in [-0.4, -0.2) is 40.8 Å². The lowest BCUT2D eigenvalue weighted by Crippen LogP contribution is -2.46. The molecule has 20 heavy (non-hydrogen) atoms. The lowest BCUT2D eigenvalue weighted by Gasteiger charge is -2.36. The van der Waals surface area contributed by atoms with Crippen molar-refractivity contribution in [3.8, 4) is 0 Å². The Kier molecular flexibility index (Phi) is 5.84. The highest BCUT2D eigenvalue weighted by Gasteiger charge is 2.33. The van der Waals surface area contributed by atoms with Gasteiger partial charge in [-0.15, -0.1) is 0 Å². The molecule has 0 aliphatic heterocycles. The number of carboxylic acid groups (broad SMARTS) is 1. The standard InChI is InChI=1S/C15H27NO4/c1-15(2,3)20-14(19)16(4)12(10-13(17)18)11-8-6-5-7-9-11/h11-12H,5-10H2,1-4H3,(H,17,18). The number of carboxylic acids is 1. The summed E-state index contributed by atoms with van der Waals surface area (Å²) >= 11 is 0.